The summed E-state index contributed by atoms with van der Waals surface area (Å²) in [4.78, 5) is 4.29. The van der Waals surface area contributed by atoms with Crippen molar-refractivity contribution >= 4 is 0 Å². The molecule has 1 heterocycles. The van der Waals surface area contributed by atoms with Gasteiger partial charge in [-0.25, -0.2) is 4.98 Å². The van der Waals surface area contributed by atoms with Crippen LogP contribution < -0.4 is 5.32 Å². The number of aryl methyl sites for hydroxylation is 2. The van der Waals surface area contributed by atoms with Crippen molar-refractivity contribution in [1.29, 1.82) is 0 Å². The molecule has 106 valence electrons. The van der Waals surface area contributed by atoms with Gasteiger partial charge >= 0.3 is 0 Å². The molecular formula is C17H22N2O. The number of aromatic nitrogens is 1. The summed E-state index contributed by atoms with van der Waals surface area (Å²) in [5, 5.41) is 3.61. The van der Waals surface area contributed by atoms with Gasteiger partial charge in [-0.15, -0.1) is 0 Å². The molecule has 20 heavy (non-hydrogen) atoms. The van der Waals surface area contributed by atoms with Gasteiger partial charge in [-0.05, 0) is 50.7 Å². The van der Waals surface area contributed by atoms with E-state index in [-0.39, 0.29) is 6.04 Å². The molecule has 1 fully saturated rings. The summed E-state index contributed by atoms with van der Waals surface area (Å²) in [6.45, 7) is 6.25. The molecule has 1 saturated carbocycles. The summed E-state index contributed by atoms with van der Waals surface area (Å²) in [5.74, 6) is 2.37. The first kappa shape index (κ1) is 13.4. The van der Waals surface area contributed by atoms with Crippen molar-refractivity contribution in [3.63, 3.8) is 0 Å². The zero-order valence-corrected chi connectivity index (χ0v) is 12.4. The van der Waals surface area contributed by atoms with E-state index in [9.17, 15) is 0 Å². The second-order valence-electron chi connectivity index (χ2n) is 5.92. The minimum absolute atomic E-state index is 0.187. The Bertz CT molecular complexity index is 584. The van der Waals surface area contributed by atoms with Crippen molar-refractivity contribution in [2.45, 2.75) is 51.6 Å². The van der Waals surface area contributed by atoms with Gasteiger partial charge < -0.3 is 9.73 Å². The fourth-order valence-electron chi connectivity index (χ4n) is 3.05. The van der Waals surface area contributed by atoms with Crippen molar-refractivity contribution in [3.8, 4) is 0 Å². The van der Waals surface area contributed by atoms with Gasteiger partial charge in [0.05, 0.1) is 12.2 Å². The van der Waals surface area contributed by atoms with E-state index in [0.29, 0.717) is 12.0 Å². The third-order valence-electron chi connectivity index (χ3n) is 4.26. The Labute approximate surface area is 120 Å². The molecule has 0 bridgehead atoms. The third kappa shape index (κ3) is 2.63. The van der Waals surface area contributed by atoms with Gasteiger partial charge in [0.25, 0.3) is 0 Å². The highest BCUT2D eigenvalue weighted by Crippen LogP contribution is 2.39. The fourth-order valence-corrected chi connectivity index (χ4v) is 3.05. The zero-order chi connectivity index (χ0) is 14.1. The molecule has 3 nitrogen and oxygen atoms in total. The molecule has 3 heteroatoms. The first-order valence-electron chi connectivity index (χ1n) is 7.37. The van der Waals surface area contributed by atoms with E-state index >= 15 is 0 Å². The minimum atomic E-state index is 0.187. The molecule has 2 aromatic rings. The number of hydrogen-bond acceptors (Lipinski definition) is 3. The summed E-state index contributed by atoms with van der Waals surface area (Å²) < 4.78 is 5.57. The van der Waals surface area contributed by atoms with Crippen LogP contribution in [0.1, 0.15) is 54.5 Å². The van der Waals surface area contributed by atoms with E-state index in [2.05, 4.69) is 48.4 Å². The van der Waals surface area contributed by atoms with Crippen LogP contribution in [-0.4, -0.2) is 11.0 Å². The highest BCUT2D eigenvalue weighted by Gasteiger charge is 2.32. The minimum Gasteiger partial charge on any atom is -0.444 e. The average Bonchev–Trinajstić information content (AvgIpc) is 2.81. The molecule has 1 unspecified atom stereocenters. The highest BCUT2D eigenvalue weighted by atomic mass is 16.4. The van der Waals surface area contributed by atoms with Gasteiger partial charge in [-0.3, -0.25) is 0 Å². The Morgan fingerprint density at radius 3 is 2.65 bits per heavy atom. The van der Waals surface area contributed by atoms with Crippen LogP contribution >= 0.6 is 0 Å². The largest absolute Gasteiger partial charge is 0.444 e. The first-order valence-corrected chi connectivity index (χ1v) is 7.37. The van der Waals surface area contributed by atoms with E-state index < -0.39 is 0 Å². The molecule has 3 rings (SSSR count). The standard InChI is InChI=1S/C17H22N2O/c1-11-6-4-5-7-16(11)14-8-15(9-14)19-13(3)17-18-10-12(2)20-17/h4-7,10,13-15,19H,8-9H2,1-3H3. The number of hydrogen-bond donors (Lipinski definition) is 1. The molecule has 0 aliphatic heterocycles. The second-order valence-corrected chi connectivity index (χ2v) is 5.92. The van der Waals surface area contributed by atoms with Gasteiger partial charge in [0.2, 0.25) is 5.89 Å². The molecular weight excluding hydrogens is 248 g/mol. The summed E-state index contributed by atoms with van der Waals surface area (Å²) in [6, 6.07) is 9.47. The van der Waals surface area contributed by atoms with Crippen LogP contribution in [0.15, 0.2) is 34.9 Å². The van der Waals surface area contributed by atoms with Crippen molar-refractivity contribution in [2.75, 3.05) is 0 Å². The number of nitrogens with one attached hydrogen (secondary N) is 1. The van der Waals surface area contributed by atoms with Gasteiger partial charge in [0.15, 0.2) is 0 Å². The maximum Gasteiger partial charge on any atom is 0.211 e. The molecule has 1 N–H and O–H groups in total. The van der Waals surface area contributed by atoms with Crippen molar-refractivity contribution in [2.24, 2.45) is 0 Å². The quantitative estimate of drug-likeness (QED) is 0.916. The van der Waals surface area contributed by atoms with E-state index in [4.69, 9.17) is 4.42 Å². The fraction of sp³-hybridized carbons (Fsp3) is 0.471. The van der Waals surface area contributed by atoms with Crippen LogP contribution in [0.3, 0.4) is 0 Å². The average molecular weight is 270 g/mol. The normalized spacial score (nSPS) is 23.4. The molecule has 0 radical (unpaired) electrons. The van der Waals surface area contributed by atoms with E-state index in [0.717, 1.165) is 11.7 Å². The lowest BCUT2D eigenvalue weighted by Gasteiger charge is -2.38. The van der Waals surface area contributed by atoms with Gasteiger partial charge in [0, 0.05) is 6.04 Å². The van der Waals surface area contributed by atoms with Crippen LogP contribution in [0, 0.1) is 13.8 Å². The summed E-state index contributed by atoms with van der Waals surface area (Å²) in [6.07, 6.45) is 4.19. The van der Waals surface area contributed by atoms with E-state index in [1.54, 1.807) is 6.20 Å². The molecule has 0 saturated heterocycles. The smallest absolute Gasteiger partial charge is 0.211 e. The van der Waals surface area contributed by atoms with Crippen LogP contribution in [0.2, 0.25) is 0 Å². The van der Waals surface area contributed by atoms with Crippen molar-refractivity contribution in [1.82, 2.24) is 10.3 Å². The Kier molecular flexibility index (Phi) is 3.62. The molecule has 0 amide bonds. The third-order valence-corrected chi connectivity index (χ3v) is 4.26. The molecule has 1 aliphatic carbocycles. The summed E-state index contributed by atoms with van der Waals surface area (Å²) in [5.41, 5.74) is 2.91. The van der Waals surface area contributed by atoms with Gasteiger partial charge in [-0.2, -0.15) is 0 Å². The van der Waals surface area contributed by atoms with E-state index in [1.165, 1.54) is 24.0 Å². The monoisotopic (exact) mass is 270 g/mol. The second kappa shape index (κ2) is 5.41. The predicted octanol–water partition coefficient (Wildman–Crippen LogP) is 3.89. The number of nitrogens with zero attached hydrogens (tertiary/aromatic N) is 1. The first-order chi connectivity index (χ1) is 9.63. The van der Waals surface area contributed by atoms with Crippen LogP contribution in [0.25, 0.3) is 0 Å². The van der Waals surface area contributed by atoms with Crippen LogP contribution in [0.4, 0.5) is 0 Å². The zero-order valence-electron chi connectivity index (χ0n) is 12.4. The molecule has 0 spiro atoms. The topological polar surface area (TPSA) is 38.1 Å². The lowest BCUT2D eigenvalue weighted by Crippen LogP contribution is -2.41. The number of oxazole rings is 1. The van der Waals surface area contributed by atoms with Crippen molar-refractivity contribution < 1.29 is 4.42 Å². The lowest BCUT2D eigenvalue weighted by molar-refractivity contribution is 0.254. The lowest BCUT2D eigenvalue weighted by atomic mass is 9.74. The van der Waals surface area contributed by atoms with Gasteiger partial charge in [0.1, 0.15) is 5.76 Å². The number of benzene rings is 1. The maximum absolute atomic E-state index is 5.57. The Balaban J connectivity index is 1.55. The molecule has 1 aromatic heterocycles. The summed E-state index contributed by atoms with van der Waals surface area (Å²) >= 11 is 0. The Hall–Kier alpha value is -1.61. The van der Waals surface area contributed by atoms with Crippen LogP contribution in [-0.2, 0) is 0 Å². The summed E-state index contributed by atoms with van der Waals surface area (Å²) in [7, 11) is 0. The molecule has 1 aromatic carbocycles. The number of rotatable bonds is 4. The highest BCUT2D eigenvalue weighted by molar-refractivity contribution is 5.31. The van der Waals surface area contributed by atoms with Gasteiger partial charge in [-0.1, -0.05) is 24.3 Å². The molecule has 1 aliphatic rings. The predicted molar refractivity (Wildman–Crippen MR) is 79.7 cm³/mol. The van der Waals surface area contributed by atoms with E-state index in [1.807, 2.05) is 6.92 Å². The maximum atomic E-state index is 5.57. The SMILES string of the molecule is Cc1cnc(C(C)NC2CC(c3ccccc3C)C2)o1. The molecule has 1 atom stereocenters. The Morgan fingerprint density at radius 1 is 1.25 bits per heavy atom. The van der Waals surface area contributed by atoms with Crippen LogP contribution in [0.5, 0.6) is 0 Å². The van der Waals surface area contributed by atoms with Crippen molar-refractivity contribution in [3.05, 3.63) is 53.2 Å². The Morgan fingerprint density at radius 2 is 2.00 bits per heavy atom.